The molecule has 0 saturated carbocycles. The number of hydrogen-bond donors (Lipinski definition) is 0. The highest BCUT2D eigenvalue weighted by Gasteiger charge is 2.30. The molecule has 0 atom stereocenters. The fraction of sp³-hybridized carbons (Fsp3) is 0.500. The van der Waals surface area contributed by atoms with Crippen LogP contribution < -0.4 is 0 Å². The van der Waals surface area contributed by atoms with Gasteiger partial charge in [0.1, 0.15) is 0 Å². The Kier molecular flexibility index (Phi) is 5.67. The SMILES string of the molecule is Cc1cc([N+](=O)[O-])c(S(=O)(=O)N(C)CCCBr)cc1C. The Morgan fingerprint density at radius 2 is 1.85 bits per heavy atom. The van der Waals surface area contributed by atoms with Crippen LogP contribution in [-0.4, -0.2) is 36.6 Å². The number of nitro benzene ring substituents is 1. The second-order valence-corrected chi connectivity index (χ2v) is 7.34. The first kappa shape index (κ1) is 17.1. The van der Waals surface area contributed by atoms with E-state index in [-0.39, 0.29) is 10.6 Å². The molecule has 0 bridgehead atoms. The van der Waals surface area contributed by atoms with Gasteiger partial charge in [-0.3, -0.25) is 10.1 Å². The van der Waals surface area contributed by atoms with Gasteiger partial charge in [-0.2, -0.15) is 0 Å². The molecular weight excluding hydrogens is 348 g/mol. The Balaban J connectivity index is 3.37. The van der Waals surface area contributed by atoms with Crippen LogP contribution in [0.25, 0.3) is 0 Å². The fourth-order valence-electron chi connectivity index (χ4n) is 1.69. The van der Waals surface area contributed by atoms with E-state index < -0.39 is 14.9 Å². The summed E-state index contributed by atoms with van der Waals surface area (Å²) in [5, 5.41) is 11.8. The van der Waals surface area contributed by atoms with E-state index in [0.29, 0.717) is 29.4 Å². The zero-order chi connectivity index (χ0) is 15.5. The average Bonchev–Trinajstić information content (AvgIpc) is 2.37. The number of halogens is 1. The standard InChI is InChI=1S/C12H17BrN2O4S/c1-9-7-11(15(16)17)12(8-10(9)2)20(18,19)14(3)6-4-5-13/h7-8H,4-6H2,1-3H3. The first-order valence-electron chi connectivity index (χ1n) is 5.99. The maximum atomic E-state index is 12.4. The lowest BCUT2D eigenvalue weighted by Gasteiger charge is -2.17. The molecule has 20 heavy (non-hydrogen) atoms. The summed E-state index contributed by atoms with van der Waals surface area (Å²) in [6.45, 7) is 3.75. The molecule has 0 saturated heterocycles. The number of aryl methyl sites for hydroxylation is 2. The van der Waals surface area contributed by atoms with Crippen molar-refractivity contribution < 1.29 is 13.3 Å². The zero-order valence-corrected chi connectivity index (χ0v) is 14.0. The predicted octanol–water partition coefficient (Wildman–Crippen LogP) is 2.62. The van der Waals surface area contributed by atoms with E-state index in [0.717, 1.165) is 4.31 Å². The Hall–Kier alpha value is -0.990. The van der Waals surface area contributed by atoms with Crippen LogP contribution in [0, 0.1) is 24.0 Å². The van der Waals surface area contributed by atoms with Crippen molar-refractivity contribution >= 4 is 31.6 Å². The topological polar surface area (TPSA) is 80.5 Å². The van der Waals surface area contributed by atoms with Gasteiger partial charge in [-0.1, -0.05) is 15.9 Å². The number of nitrogens with zero attached hydrogens (tertiary/aromatic N) is 2. The number of alkyl halides is 1. The van der Waals surface area contributed by atoms with Crippen LogP contribution in [0.15, 0.2) is 17.0 Å². The highest BCUT2D eigenvalue weighted by molar-refractivity contribution is 9.09. The molecule has 0 unspecified atom stereocenters. The molecule has 6 nitrogen and oxygen atoms in total. The van der Waals surface area contributed by atoms with Crippen LogP contribution in [-0.2, 0) is 10.0 Å². The molecule has 1 aromatic carbocycles. The van der Waals surface area contributed by atoms with Crippen LogP contribution in [0.1, 0.15) is 17.5 Å². The maximum absolute atomic E-state index is 12.4. The highest BCUT2D eigenvalue weighted by atomic mass is 79.9. The van der Waals surface area contributed by atoms with Crippen molar-refractivity contribution in [3.8, 4) is 0 Å². The quantitative estimate of drug-likeness (QED) is 0.441. The van der Waals surface area contributed by atoms with Crippen molar-refractivity contribution in [1.82, 2.24) is 4.31 Å². The molecule has 0 heterocycles. The third kappa shape index (κ3) is 3.56. The molecule has 0 aliphatic rings. The monoisotopic (exact) mass is 364 g/mol. The predicted molar refractivity (Wildman–Crippen MR) is 80.8 cm³/mol. The van der Waals surface area contributed by atoms with Gasteiger partial charge in [0, 0.05) is 25.0 Å². The average molecular weight is 365 g/mol. The molecule has 0 aliphatic carbocycles. The van der Waals surface area contributed by atoms with Gasteiger partial charge in [-0.25, -0.2) is 12.7 Å². The number of sulfonamides is 1. The van der Waals surface area contributed by atoms with Crippen LogP contribution in [0.5, 0.6) is 0 Å². The van der Waals surface area contributed by atoms with E-state index >= 15 is 0 Å². The third-order valence-electron chi connectivity index (χ3n) is 3.07. The van der Waals surface area contributed by atoms with Gasteiger partial charge in [-0.15, -0.1) is 0 Å². The Labute approximate surface area is 127 Å². The summed E-state index contributed by atoms with van der Waals surface area (Å²) in [6.07, 6.45) is 0.633. The fourth-order valence-corrected chi connectivity index (χ4v) is 3.37. The van der Waals surface area contributed by atoms with Crippen LogP contribution in [0.3, 0.4) is 0 Å². The minimum atomic E-state index is -3.86. The lowest BCUT2D eigenvalue weighted by atomic mass is 10.1. The van der Waals surface area contributed by atoms with Gasteiger partial charge in [0.2, 0.25) is 10.0 Å². The molecule has 0 N–H and O–H groups in total. The molecule has 0 spiro atoms. The molecule has 0 fully saturated rings. The minimum Gasteiger partial charge on any atom is -0.258 e. The second kappa shape index (κ2) is 6.64. The summed E-state index contributed by atoms with van der Waals surface area (Å²) >= 11 is 3.23. The van der Waals surface area contributed by atoms with Crippen molar-refractivity contribution in [3.05, 3.63) is 33.4 Å². The number of hydrogen-bond acceptors (Lipinski definition) is 4. The Morgan fingerprint density at radius 1 is 1.30 bits per heavy atom. The van der Waals surface area contributed by atoms with Crippen molar-refractivity contribution in [2.24, 2.45) is 0 Å². The largest absolute Gasteiger partial charge is 0.289 e. The van der Waals surface area contributed by atoms with Crippen molar-refractivity contribution in [1.29, 1.82) is 0 Å². The molecule has 0 aromatic heterocycles. The maximum Gasteiger partial charge on any atom is 0.289 e. The summed E-state index contributed by atoms with van der Waals surface area (Å²) in [7, 11) is -2.43. The summed E-state index contributed by atoms with van der Waals surface area (Å²) in [5.41, 5.74) is 1.03. The van der Waals surface area contributed by atoms with Crippen molar-refractivity contribution in [2.75, 3.05) is 18.9 Å². The Morgan fingerprint density at radius 3 is 2.35 bits per heavy atom. The number of benzene rings is 1. The smallest absolute Gasteiger partial charge is 0.258 e. The van der Waals surface area contributed by atoms with Crippen molar-refractivity contribution in [3.63, 3.8) is 0 Å². The van der Waals surface area contributed by atoms with Crippen LogP contribution >= 0.6 is 15.9 Å². The van der Waals surface area contributed by atoms with Gasteiger partial charge >= 0.3 is 0 Å². The minimum absolute atomic E-state index is 0.248. The summed E-state index contributed by atoms with van der Waals surface area (Å²) < 4.78 is 26.0. The van der Waals surface area contributed by atoms with Crippen molar-refractivity contribution in [2.45, 2.75) is 25.2 Å². The van der Waals surface area contributed by atoms with E-state index in [2.05, 4.69) is 15.9 Å². The first-order valence-corrected chi connectivity index (χ1v) is 8.56. The number of rotatable bonds is 6. The van der Waals surface area contributed by atoms with Gasteiger partial charge in [0.05, 0.1) is 4.92 Å². The summed E-state index contributed by atoms with van der Waals surface area (Å²) in [4.78, 5) is 10.2. The molecule has 1 aromatic rings. The van der Waals surface area contributed by atoms with Gasteiger partial charge in [0.25, 0.3) is 5.69 Å². The third-order valence-corrected chi connectivity index (χ3v) is 5.51. The summed E-state index contributed by atoms with van der Waals surface area (Å²) in [6, 6.07) is 2.67. The lowest BCUT2D eigenvalue weighted by Crippen LogP contribution is -2.29. The van der Waals surface area contributed by atoms with Crippen LogP contribution in [0.2, 0.25) is 0 Å². The molecule has 0 aliphatic heterocycles. The summed E-state index contributed by atoms with van der Waals surface area (Å²) in [5.74, 6) is 0. The molecule has 0 radical (unpaired) electrons. The first-order chi connectivity index (χ1) is 9.21. The zero-order valence-electron chi connectivity index (χ0n) is 11.6. The van der Waals surface area contributed by atoms with E-state index in [1.807, 2.05) is 0 Å². The second-order valence-electron chi connectivity index (χ2n) is 4.53. The Bertz CT molecular complexity index is 616. The normalized spacial score (nSPS) is 11.8. The molecular formula is C12H17BrN2O4S. The van der Waals surface area contributed by atoms with E-state index in [1.54, 1.807) is 13.8 Å². The molecule has 1 rings (SSSR count). The van der Waals surface area contributed by atoms with E-state index in [9.17, 15) is 18.5 Å². The van der Waals surface area contributed by atoms with Gasteiger partial charge in [0.15, 0.2) is 4.90 Å². The lowest BCUT2D eigenvalue weighted by molar-refractivity contribution is -0.387. The van der Waals surface area contributed by atoms with E-state index in [1.165, 1.54) is 19.2 Å². The molecule has 112 valence electrons. The molecule has 0 amide bonds. The highest BCUT2D eigenvalue weighted by Crippen LogP contribution is 2.29. The van der Waals surface area contributed by atoms with Gasteiger partial charge < -0.3 is 0 Å². The number of nitro groups is 1. The van der Waals surface area contributed by atoms with Gasteiger partial charge in [-0.05, 0) is 37.5 Å². The van der Waals surface area contributed by atoms with Crippen LogP contribution in [0.4, 0.5) is 5.69 Å². The van der Waals surface area contributed by atoms with E-state index in [4.69, 9.17) is 0 Å². The molecule has 8 heteroatoms.